The first-order valence-electron chi connectivity index (χ1n) is 4.15. The van der Waals surface area contributed by atoms with Crippen LogP contribution in [0.5, 0.6) is 0 Å². The zero-order valence-electron chi connectivity index (χ0n) is 7.35. The predicted molar refractivity (Wildman–Crippen MR) is 52.0 cm³/mol. The van der Waals surface area contributed by atoms with Gasteiger partial charge in [-0.2, -0.15) is 0 Å². The summed E-state index contributed by atoms with van der Waals surface area (Å²) in [6.45, 7) is 2.37. The summed E-state index contributed by atoms with van der Waals surface area (Å²) in [5, 5.41) is 0. The molecule has 0 atom stereocenters. The molecule has 0 bridgehead atoms. The molecule has 74 valence electrons. The Hall–Kier alpha value is 0.200. The van der Waals surface area contributed by atoms with Crippen LogP contribution in [0.15, 0.2) is 0 Å². The molecule has 0 heterocycles. The van der Waals surface area contributed by atoms with Crippen molar-refractivity contribution in [3.05, 3.63) is 0 Å². The predicted octanol–water partition coefficient (Wildman–Crippen LogP) is 1.33. The minimum absolute atomic E-state index is 0.220. The van der Waals surface area contributed by atoms with Crippen molar-refractivity contribution in [1.82, 2.24) is 4.72 Å². The maximum absolute atomic E-state index is 11.1. The van der Waals surface area contributed by atoms with Crippen LogP contribution in [0.25, 0.3) is 0 Å². The standard InChI is InChI=1S/C7H16ClNO2S/c1-2-3-4-7-12(10,11)9-6-5-8/h9H,2-7H2,1H3. The van der Waals surface area contributed by atoms with E-state index < -0.39 is 10.0 Å². The number of sulfonamides is 1. The second kappa shape index (κ2) is 6.69. The third-order valence-corrected chi connectivity index (χ3v) is 3.09. The lowest BCUT2D eigenvalue weighted by atomic mass is 10.3. The molecule has 1 N–H and O–H groups in total. The van der Waals surface area contributed by atoms with Crippen LogP contribution in [0.2, 0.25) is 0 Å². The summed E-state index contributed by atoms with van der Waals surface area (Å²) in [4.78, 5) is 0. The highest BCUT2D eigenvalue weighted by Crippen LogP contribution is 1.97. The Kier molecular flexibility index (Phi) is 6.80. The number of nitrogens with one attached hydrogen (secondary N) is 1. The zero-order chi connectivity index (χ0) is 9.45. The molecule has 0 aromatic rings. The smallest absolute Gasteiger partial charge is 0.211 e. The van der Waals surface area contributed by atoms with E-state index in [9.17, 15) is 8.42 Å². The van der Waals surface area contributed by atoms with Gasteiger partial charge in [0.05, 0.1) is 5.75 Å². The lowest BCUT2D eigenvalue weighted by molar-refractivity contribution is 0.579. The summed E-state index contributed by atoms with van der Waals surface area (Å²) < 4.78 is 24.6. The Bertz CT molecular complexity index is 192. The first-order valence-corrected chi connectivity index (χ1v) is 6.34. The number of rotatable bonds is 7. The summed E-state index contributed by atoms with van der Waals surface area (Å²) in [5.41, 5.74) is 0. The van der Waals surface area contributed by atoms with Gasteiger partial charge >= 0.3 is 0 Å². The summed E-state index contributed by atoms with van der Waals surface area (Å²) in [6, 6.07) is 0. The molecule has 0 radical (unpaired) electrons. The van der Waals surface area contributed by atoms with E-state index in [1.165, 1.54) is 0 Å². The van der Waals surface area contributed by atoms with Gasteiger partial charge in [-0.1, -0.05) is 19.8 Å². The number of hydrogen-bond donors (Lipinski definition) is 1. The Labute approximate surface area is 79.5 Å². The monoisotopic (exact) mass is 213 g/mol. The van der Waals surface area contributed by atoms with Crippen LogP contribution >= 0.6 is 11.6 Å². The van der Waals surface area contributed by atoms with E-state index in [0.29, 0.717) is 12.4 Å². The average molecular weight is 214 g/mol. The Morgan fingerprint density at radius 3 is 2.50 bits per heavy atom. The molecule has 0 saturated carbocycles. The Morgan fingerprint density at radius 2 is 2.00 bits per heavy atom. The van der Waals surface area contributed by atoms with Gasteiger partial charge in [-0.25, -0.2) is 13.1 Å². The topological polar surface area (TPSA) is 46.2 Å². The van der Waals surface area contributed by atoms with Gasteiger partial charge in [0.25, 0.3) is 0 Å². The molecule has 0 aliphatic heterocycles. The minimum Gasteiger partial charge on any atom is -0.214 e. The molecule has 0 saturated heterocycles. The van der Waals surface area contributed by atoms with E-state index in [4.69, 9.17) is 11.6 Å². The fourth-order valence-electron chi connectivity index (χ4n) is 0.808. The molecule has 0 unspecified atom stereocenters. The van der Waals surface area contributed by atoms with E-state index in [1.54, 1.807) is 0 Å². The molecule has 0 spiro atoms. The van der Waals surface area contributed by atoms with E-state index in [1.807, 2.05) is 6.92 Å². The SMILES string of the molecule is CCCCCS(=O)(=O)NCCCl. The van der Waals surface area contributed by atoms with Gasteiger partial charge in [-0.05, 0) is 6.42 Å². The number of hydrogen-bond acceptors (Lipinski definition) is 2. The summed E-state index contributed by atoms with van der Waals surface area (Å²) in [5.74, 6) is 0.546. The molecule has 3 nitrogen and oxygen atoms in total. The first-order chi connectivity index (χ1) is 5.62. The fraction of sp³-hybridized carbons (Fsp3) is 1.00. The highest BCUT2D eigenvalue weighted by molar-refractivity contribution is 7.89. The minimum atomic E-state index is -3.05. The first kappa shape index (κ1) is 12.2. The number of unbranched alkanes of at least 4 members (excludes halogenated alkanes) is 2. The van der Waals surface area contributed by atoms with Gasteiger partial charge in [-0.3, -0.25) is 0 Å². The van der Waals surface area contributed by atoms with Crippen LogP contribution in [0, 0.1) is 0 Å². The normalized spacial score (nSPS) is 11.8. The Morgan fingerprint density at radius 1 is 1.33 bits per heavy atom. The van der Waals surface area contributed by atoms with Crippen molar-refractivity contribution in [3.63, 3.8) is 0 Å². The molecule has 0 amide bonds. The molecule has 12 heavy (non-hydrogen) atoms. The summed E-state index contributed by atoms with van der Waals surface area (Å²) in [6.07, 6.45) is 2.72. The van der Waals surface area contributed by atoms with Crippen molar-refractivity contribution >= 4 is 21.6 Å². The average Bonchev–Trinajstić information content (AvgIpc) is 2.01. The summed E-state index contributed by atoms with van der Waals surface area (Å²) in [7, 11) is -3.05. The molecule has 0 aliphatic rings. The molecular weight excluding hydrogens is 198 g/mol. The second-order valence-corrected chi connectivity index (χ2v) is 4.91. The van der Waals surface area contributed by atoms with Gasteiger partial charge in [0.2, 0.25) is 10.0 Å². The maximum Gasteiger partial charge on any atom is 0.211 e. The molecule has 0 aromatic heterocycles. The van der Waals surface area contributed by atoms with Crippen LogP contribution in [0.3, 0.4) is 0 Å². The lowest BCUT2D eigenvalue weighted by Gasteiger charge is -2.03. The van der Waals surface area contributed by atoms with E-state index in [-0.39, 0.29) is 5.75 Å². The van der Waals surface area contributed by atoms with Crippen molar-refractivity contribution < 1.29 is 8.42 Å². The van der Waals surface area contributed by atoms with Crippen molar-refractivity contribution in [2.75, 3.05) is 18.2 Å². The van der Waals surface area contributed by atoms with Crippen LogP contribution < -0.4 is 4.72 Å². The summed E-state index contributed by atoms with van der Waals surface area (Å²) >= 11 is 5.34. The van der Waals surface area contributed by atoms with Gasteiger partial charge in [-0.15, -0.1) is 11.6 Å². The highest BCUT2D eigenvalue weighted by Gasteiger charge is 2.07. The lowest BCUT2D eigenvalue weighted by Crippen LogP contribution is -2.28. The van der Waals surface area contributed by atoms with E-state index in [2.05, 4.69) is 4.72 Å². The second-order valence-electron chi connectivity index (χ2n) is 2.61. The van der Waals surface area contributed by atoms with Crippen LogP contribution in [0.4, 0.5) is 0 Å². The molecule has 0 aromatic carbocycles. The van der Waals surface area contributed by atoms with E-state index in [0.717, 1.165) is 19.3 Å². The molecule has 5 heteroatoms. The van der Waals surface area contributed by atoms with Gasteiger partial charge in [0, 0.05) is 12.4 Å². The molecular formula is C7H16ClNO2S. The third kappa shape index (κ3) is 6.88. The van der Waals surface area contributed by atoms with Gasteiger partial charge < -0.3 is 0 Å². The number of alkyl halides is 1. The van der Waals surface area contributed by atoms with Crippen molar-refractivity contribution in [3.8, 4) is 0 Å². The van der Waals surface area contributed by atoms with Crippen LogP contribution in [-0.2, 0) is 10.0 Å². The molecule has 0 fully saturated rings. The van der Waals surface area contributed by atoms with Crippen molar-refractivity contribution in [2.45, 2.75) is 26.2 Å². The maximum atomic E-state index is 11.1. The third-order valence-electron chi connectivity index (χ3n) is 1.43. The highest BCUT2D eigenvalue weighted by atomic mass is 35.5. The molecule has 0 rings (SSSR count). The number of halogens is 1. The molecule has 0 aliphatic carbocycles. The van der Waals surface area contributed by atoms with Crippen LogP contribution in [-0.4, -0.2) is 26.6 Å². The van der Waals surface area contributed by atoms with Crippen LogP contribution in [0.1, 0.15) is 26.2 Å². The van der Waals surface area contributed by atoms with Crippen molar-refractivity contribution in [1.29, 1.82) is 0 Å². The van der Waals surface area contributed by atoms with Gasteiger partial charge in [0.15, 0.2) is 0 Å². The largest absolute Gasteiger partial charge is 0.214 e. The van der Waals surface area contributed by atoms with Crippen molar-refractivity contribution in [2.24, 2.45) is 0 Å². The van der Waals surface area contributed by atoms with E-state index >= 15 is 0 Å². The zero-order valence-corrected chi connectivity index (χ0v) is 8.92. The Balaban J connectivity index is 3.58. The quantitative estimate of drug-likeness (QED) is 0.513. The fourth-order valence-corrected chi connectivity index (χ4v) is 2.16. The van der Waals surface area contributed by atoms with Gasteiger partial charge in [0.1, 0.15) is 0 Å².